The number of nitrogens with two attached hydrogens (primary N) is 1. The Morgan fingerprint density at radius 3 is 3.00 bits per heavy atom. The van der Waals surface area contributed by atoms with Crippen molar-refractivity contribution < 1.29 is 0 Å². The SMILES string of the molecule is Nc1ncccc1NCc1ncc[nH]1. The van der Waals surface area contributed by atoms with Crippen LogP contribution in [0.5, 0.6) is 0 Å². The molecule has 0 fully saturated rings. The van der Waals surface area contributed by atoms with Crippen molar-refractivity contribution in [2.45, 2.75) is 6.54 Å². The molecule has 0 atom stereocenters. The minimum atomic E-state index is 0.499. The number of aromatic amines is 1. The van der Waals surface area contributed by atoms with E-state index >= 15 is 0 Å². The van der Waals surface area contributed by atoms with Crippen molar-refractivity contribution in [2.75, 3.05) is 11.1 Å². The minimum Gasteiger partial charge on any atom is -0.382 e. The van der Waals surface area contributed by atoms with E-state index in [1.54, 1.807) is 18.6 Å². The first kappa shape index (κ1) is 8.55. The van der Waals surface area contributed by atoms with Gasteiger partial charge in [-0.2, -0.15) is 0 Å². The van der Waals surface area contributed by atoms with Crippen LogP contribution in [0.25, 0.3) is 0 Å². The number of H-pyrrole nitrogens is 1. The molecule has 2 aromatic heterocycles. The Morgan fingerprint density at radius 1 is 1.36 bits per heavy atom. The fraction of sp³-hybridized carbons (Fsp3) is 0.111. The molecule has 0 aliphatic heterocycles. The van der Waals surface area contributed by atoms with Crippen molar-refractivity contribution in [3.05, 3.63) is 36.5 Å². The van der Waals surface area contributed by atoms with Gasteiger partial charge >= 0.3 is 0 Å². The van der Waals surface area contributed by atoms with Crippen LogP contribution in [0, 0.1) is 0 Å². The number of imidazole rings is 1. The quantitative estimate of drug-likeness (QED) is 0.673. The number of hydrogen-bond acceptors (Lipinski definition) is 4. The van der Waals surface area contributed by atoms with Crippen LogP contribution < -0.4 is 11.1 Å². The number of rotatable bonds is 3. The number of anilines is 2. The Kier molecular flexibility index (Phi) is 2.31. The molecule has 0 radical (unpaired) electrons. The summed E-state index contributed by atoms with van der Waals surface area (Å²) in [6.07, 6.45) is 5.15. The normalized spacial score (nSPS) is 10.0. The lowest BCUT2D eigenvalue weighted by Crippen LogP contribution is -2.04. The molecule has 0 saturated carbocycles. The molecule has 0 amide bonds. The summed E-state index contributed by atoms with van der Waals surface area (Å²) in [5.41, 5.74) is 6.48. The van der Waals surface area contributed by atoms with Crippen LogP contribution in [0.4, 0.5) is 11.5 Å². The Labute approximate surface area is 81.4 Å². The van der Waals surface area contributed by atoms with Crippen LogP contribution in [0.2, 0.25) is 0 Å². The predicted molar refractivity (Wildman–Crippen MR) is 54.6 cm³/mol. The molecule has 14 heavy (non-hydrogen) atoms. The first-order valence-electron chi connectivity index (χ1n) is 4.29. The maximum atomic E-state index is 5.66. The summed E-state index contributed by atoms with van der Waals surface area (Å²) >= 11 is 0. The Bertz CT molecular complexity index is 395. The van der Waals surface area contributed by atoms with Gasteiger partial charge in [0, 0.05) is 18.6 Å². The Hall–Kier alpha value is -2.04. The van der Waals surface area contributed by atoms with Crippen molar-refractivity contribution >= 4 is 11.5 Å². The highest BCUT2D eigenvalue weighted by molar-refractivity contribution is 5.60. The molecule has 0 unspecified atom stereocenters. The van der Waals surface area contributed by atoms with Crippen molar-refractivity contribution in [3.8, 4) is 0 Å². The van der Waals surface area contributed by atoms with Gasteiger partial charge < -0.3 is 16.0 Å². The molecule has 2 rings (SSSR count). The highest BCUT2D eigenvalue weighted by atomic mass is 15.0. The van der Waals surface area contributed by atoms with E-state index in [9.17, 15) is 0 Å². The van der Waals surface area contributed by atoms with E-state index in [0.29, 0.717) is 12.4 Å². The van der Waals surface area contributed by atoms with Gasteiger partial charge in [0.25, 0.3) is 0 Å². The van der Waals surface area contributed by atoms with Crippen LogP contribution in [0.3, 0.4) is 0 Å². The summed E-state index contributed by atoms with van der Waals surface area (Å²) in [5, 5.41) is 3.13. The molecule has 0 aliphatic rings. The zero-order chi connectivity index (χ0) is 9.80. The molecule has 5 nitrogen and oxygen atoms in total. The fourth-order valence-corrected chi connectivity index (χ4v) is 1.14. The smallest absolute Gasteiger partial charge is 0.146 e. The molecule has 0 aliphatic carbocycles. The van der Waals surface area contributed by atoms with E-state index in [4.69, 9.17) is 5.73 Å². The second-order valence-electron chi connectivity index (χ2n) is 2.83. The van der Waals surface area contributed by atoms with Gasteiger partial charge in [0.15, 0.2) is 0 Å². The topological polar surface area (TPSA) is 79.6 Å². The van der Waals surface area contributed by atoms with Crippen molar-refractivity contribution in [1.82, 2.24) is 15.0 Å². The third-order valence-corrected chi connectivity index (χ3v) is 1.84. The number of hydrogen-bond donors (Lipinski definition) is 3. The number of nitrogens with one attached hydrogen (secondary N) is 2. The molecule has 4 N–H and O–H groups in total. The molecule has 0 bridgehead atoms. The Balaban J connectivity index is 2.02. The third kappa shape index (κ3) is 1.82. The summed E-state index contributed by atoms with van der Waals surface area (Å²) < 4.78 is 0. The molecule has 5 heteroatoms. The first-order valence-corrected chi connectivity index (χ1v) is 4.29. The molecule has 0 aromatic carbocycles. The van der Waals surface area contributed by atoms with Crippen molar-refractivity contribution in [2.24, 2.45) is 0 Å². The molecule has 2 heterocycles. The molecular weight excluding hydrogens is 178 g/mol. The summed E-state index contributed by atoms with van der Waals surface area (Å²) in [7, 11) is 0. The predicted octanol–water partition coefficient (Wildman–Crippen LogP) is 0.999. The van der Waals surface area contributed by atoms with Gasteiger partial charge in [0.1, 0.15) is 11.6 Å². The number of nitrogens with zero attached hydrogens (tertiary/aromatic N) is 2. The number of aromatic nitrogens is 3. The van der Waals surface area contributed by atoms with E-state index in [-0.39, 0.29) is 0 Å². The third-order valence-electron chi connectivity index (χ3n) is 1.84. The summed E-state index contributed by atoms with van der Waals surface area (Å²) in [4.78, 5) is 11.0. The molecule has 0 saturated heterocycles. The van der Waals surface area contributed by atoms with E-state index in [1.807, 2.05) is 12.1 Å². The van der Waals surface area contributed by atoms with E-state index in [2.05, 4.69) is 20.3 Å². The summed E-state index contributed by atoms with van der Waals surface area (Å²) in [6, 6.07) is 3.71. The van der Waals surface area contributed by atoms with Crippen LogP contribution >= 0.6 is 0 Å². The first-order chi connectivity index (χ1) is 6.86. The van der Waals surface area contributed by atoms with E-state index in [0.717, 1.165) is 11.5 Å². The lowest BCUT2D eigenvalue weighted by molar-refractivity contribution is 0.999. The largest absolute Gasteiger partial charge is 0.382 e. The van der Waals surface area contributed by atoms with Crippen LogP contribution in [0.1, 0.15) is 5.82 Å². The standard InChI is InChI=1S/C9H11N5/c10-9-7(2-1-3-13-9)14-6-8-11-4-5-12-8/h1-5,14H,6H2,(H2,10,13)(H,11,12). The Morgan fingerprint density at radius 2 is 2.29 bits per heavy atom. The van der Waals surface area contributed by atoms with Gasteiger partial charge in [-0.1, -0.05) is 0 Å². The van der Waals surface area contributed by atoms with Gasteiger partial charge in [-0.25, -0.2) is 9.97 Å². The second-order valence-corrected chi connectivity index (χ2v) is 2.83. The van der Waals surface area contributed by atoms with Crippen LogP contribution in [0.15, 0.2) is 30.7 Å². The minimum absolute atomic E-state index is 0.499. The average molecular weight is 189 g/mol. The lowest BCUT2D eigenvalue weighted by atomic mass is 10.4. The lowest BCUT2D eigenvalue weighted by Gasteiger charge is -2.05. The van der Waals surface area contributed by atoms with Gasteiger partial charge in [0.2, 0.25) is 0 Å². The van der Waals surface area contributed by atoms with Gasteiger partial charge in [0.05, 0.1) is 12.2 Å². The molecule has 0 spiro atoms. The second kappa shape index (κ2) is 3.78. The van der Waals surface area contributed by atoms with Crippen LogP contribution in [-0.2, 0) is 6.54 Å². The number of nitrogen functional groups attached to an aromatic ring is 1. The maximum Gasteiger partial charge on any atom is 0.146 e. The summed E-state index contributed by atoms with van der Waals surface area (Å²) in [6.45, 7) is 0.614. The zero-order valence-electron chi connectivity index (χ0n) is 7.57. The van der Waals surface area contributed by atoms with E-state index < -0.39 is 0 Å². The highest BCUT2D eigenvalue weighted by Gasteiger charge is 1.98. The van der Waals surface area contributed by atoms with Crippen molar-refractivity contribution in [1.29, 1.82) is 0 Å². The monoisotopic (exact) mass is 189 g/mol. The molecular formula is C9H11N5. The maximum absolute atomic E-state index is 5.66. The van der Waals surface area contributed by atoms with Gasteiger partial charge in [-0.15, -0.1) is 0 Å². The molecule has 72 valence electrons. The van der Waals surface area contributed by atoms with E-state index in [1.165, 1.54) is 0 Å². The highest BCUT2D eigenvalue weighted by Crippen LogP contribution is 2.13. The number of pyridine rings is 1. The van der Waals surface area contributed by atoms with Crippen LogP contribution in [-0.4, -0.2) is 15.0 Å². The van der Waals surface area contributed by atoms with Gasteiger partial charge in [-0.3, -0.25) is 0 Å². The van der Waals surface area contributed by atoms with Crippen molar-refractivity contribution in [3.63, 3.8) is 0 Å². The zero-order valence-corrected chi connectivity index (χ0v) is 7.57. The fourth-order valence-electron chi connectivity index (χ4n) is 1.14. The van der Waals surface area contributed by atoms with Gasteiger partial charge in [-0.05, 0) is 12.1 Å². The average Bonchev–Trinajstić information content (AvgIpc) is 2.69. The molecule has 2 aromatic rings. The summed E-state index contributed by atoms with van der Waals surface area (Å²) in [5.74, 6) is 1.37.